The fourth-order valence-corrected chi connectivity index (χ4v) is 1.89. The van der Waals surface area contributed by atoms with Crippen molar-refractivity contribution in [3.8, 4) is 0 Å². The second-order valence-electron chi connectivity index (χ2n) is 3.84. The Morgan fingerprint density at radius 1 is 1.39 bits per heavy atom. The van der Waals surface area contributed by atoms with Crippen molar-refractivity contribution in [3.05, 3.63) is 35.9 Å². The van der Waals surface area contributed by atoms with E-state index >= 15 is 0 Å². The number of aryl methyl sites for hydroxylation is 1. The first-order valence-corrected chi connectivity index (χ1v) is 6.63. The Morgan fingerprint density at radius 2 is 2.00 bits per heavy atom. The predicted octanol–water partition coefficient (Wildman–Crippen LogP) is 3.58. The summed E-state index contributed by atoms with van der Waals surface area (Å²) in [6, 6.07) is 9.29. The van der Waals surface area contributed by atoms with E-state index in [0.29, 0.717) is 6.42 Å². The number of halogens is 3. The van der Waals surface area contributed by atoms with E-state index in [4.69, 9.17) is 0 Å². The van der Waals surface area contributed by atoms with Gasteiger partial charge < -0.3 is 4.74 Å². The van der Waals surface area contributed by atoms with Gasteiger partial charge in [-0.15, -0.1) is 0 Å². The van der Waals surface area contributed by atoms with Crippen LogP contribution in [0.5, 0.6) is 0 Å². The molecule has 0 aliphatic heterocycles. The largest absolute Gasteiger partial charge is 0.462 e. The zero-order chi connectivity index (χ0) is 13.6. The smallest absolute Gasteiger partial charge is 0.378 e. The molecule has 1 atom stereocenters. The molecule has 1 aromatic carbocycles. The predicted molar refractivity (Wildman–Crippen MR) is 69.1 cm³/mol. The Kier molecular flexibility index (Phi) is 5.72. The Labute approximate surface area is 113 Å². The van der Waals surface area contributed by atoms with Gasteiger partial charge in [0.25, 0.3) is 0 Å². The number of rotatable bonds is 6. The highest BCUT2D eigenvalue weighted by atomic mass is 79.9. The number of carbonyl (C=O) groups excluding carboxylic acids is 1. The fraction of sp³-hybridized carbons (Fsp3) is 0.462. The van der Waals surface area contributed by atoms with E-state index in [1.165, 1.54) is 6.92 Å². The molecule has 18 heavy (non-hydrogen) atoms. The minimum absolute atomic E-state index is 0.0488. The molecule has 100 valence electrons. The number of benzene rings is 1. The zero-order valence-corrected chi connectivity index (χ0v) is 11.6. The van der Waals surface area contributed by atoms with E-state index in [9.17, 15) is 13.6 Å². The Balaban J connectivity index is 2.54. The third-order valence-corrected chi connectivity index (χ3v) is 3.50. The van der Waals surface area contributed by atoms with Gasteiger partial charge in [0.1, 0.15) is 0 Å². The van der Waals surface area contributed by atoms with Crippen molar-refractivity contribution >= 4 is 21.9 Å². The molecule has 0 N–H and O–H groups in total. The maximum absolute atomic E-state index is 13.6. The van der Waals surface area contributed by atoms with Crippen molar-refractivity contribution in [1.82, 2.24) is 0 Å². The molecule has 0 aliphatic rings. The molecule has 0 heterocycles. The summed E-state index contributed by atoms with van der Waals surface area (Å²) in [7, 11) is 0. The normalized spacial score (nSPS) is 13.1. The van der Waals surface area contributed by atoms with Gasteiger partial charge in [0.05, 0.1) is 11.4 Å². The molecule has 0 saturated carbocycles. The lowest BCUT2D eigenvalue weighted by Crippen LogP contribution is -2.39. The minimum atomic E-state index is -3.50. The topological polar surface area (TPSA) is 26.3 Å². The average molecular weight is 321 g/mol. The number of alkyl halides is 3. The van der Waals surface area contributed by atoms with E-state index < -0.39 is 16.7 Å². The monoisotopic (exact) mass is 320 g/mol. The van der Waals surface area contributed by atoms with Crippen molar-refractivity contribution < 1.29 is 18.3 Å². The van der Waals surface area contributed by atoms with Crippen LogP contribution < -0.4 is 0 Å². The molecule has 0 bridgehead atoms. The van der Waals surface area contributed by atoms with Crippen LogP contribution in [0.4, 0.5) is 8.78 Å². The molecule has 1 rings (SSSR count). The number of hydrogen-bond acceptors (Lipinski definition) is 2. The van der Waals surface area contributed by atoms with Crippen LogP contribution in [0.25, 0.3) is 0 Å². The van der Waals surface area contributed by atoms with Crippen LogP contribution >= 0.6 is 15.9 Å². The molecule has 1 unspecified atom stereocenters. The minimum Gasteiger partial charge on any atom is -0.462 e. The maximum Gasteiger partial charge on any atom is 0.378 e. The molecular weight excluding hydrogens is 306 g/mol. The van der Waals surface area contributed by atoms with Crippen LogP contribution in [0.1, 0.15) is 18.9 Å². The fourth-order valence-electron chi connectivity index (χ4n) is 1.47. The lowest BCUT2D eigenvalue weighted by molar-refractivity contribution is -0.171. The highest BCUT2D eigenvalue weighted by Gasteiger charge is 2.47. The van der Waals surface area contributed by atoms with E-state index in [2.05, 4.69) is 20.7 Å². The quantitative estimate of drug-likeness (QED) is 0.591. The number of ether oxygens (including phenoxy) is 1. The summed E-state index contributed by atoms with van der Waals surface area (Å²) in [6.45, 7) is 1.45. The van der Waals surface area contributed by atoms with Crippen LogP contribution in [0, 0.1) is 0 Å². The van der Waals surface area contributed by atoms with Crippen molar-refractivity contribution in [1.29, 1.82) is 0 Å². The molecule has 0 spiro atoms. The zero-order valence-electron chi connectivity index (χ0n) is 10.0. The highest BCUT2D eigenvalue weighted by Crippen LogP contribution is 2.30. The van der Waals surface area contributed by atoms with Gasteiger partial charge in [0, 0.05) is 0 Å². The van der Waals surface area contributed by atoms with Gasteiger partial charge in [0.15, 0.2) is 0 Å². The lowest BCUT2D eigenvalue weighted by Gasteiger charge is -2.20. The number of carbonyl (C=O) groups is 1. The second-order valence-corrected chi connectivity index (χ2v) is 4.94. The van der Waals surface area contributed by atoms with Crippen molar-refractivity contribution in [2.24, 2.45) is 0 Å². The summed E-state index contributed by atoms with van der Waals surface area (Å²) in [6.07, 6.45) is 0.640. The van der Waals surface area contributed by atoms with Crippen LogP contribution in [-0.2, 0) is 16.0 Å². The van der Waals surface area contributed by atoms with Gasteiger partial charge in [-0.2, -0.15) is 8.78 Å². The molecule has 0 fully saturated rings. The highest BCUT2D eigenvalue weighted by molar-refractivity contribution is 9.09. The first-order chi connectivity index (χ1) is 8.48. The third-order valence-electron chi connectivity index (χ3n) is 2.47. The first-order valence-electron chi connectivity index (χ1n) is 5.71. The van der Waals surface area contributed by atoms with E-state index in [1.54, 1.807) is 0 Å². The summed E-state index contributed by atoms with van der Waals surface area (Å²) < 4.78 is 31.5. The van der Waals surface area contributed by atoms with E-state index in [-0.39, 0.29) is 13.0 Å². The summed E-state index contributed by atoms with van der Waals surface area (Å²) in [5.41, 5.74) is 0.960. The molecule has 5 heteroatoms. The molecule has 1 aromatic rings. The molecule has 2 nitrogen and oxygen atoms in total. The van der Waals surface area contributed by atoms with Gasteiger partial charge in [-0.1, -0.05) is 46.3 Å². The Bertz CT molecular complexity index is 382. The molecule has 0 saturated heterocycles. The first kappa shape index (κ1) is 15.1. The molecule has 0 radical (unpaired) electrons. The summed E-state index contributed by atoms with van der Waals surface area (Å²) >= 11 is 2.88. The van der Waals surface area contributed by atoms with Gasteiger partial charge >= 0.3 is 11.9 Å². The van der Waals surface area contributed by atoms with E-state index in [1.807, 2.05) is 30.3 Å². The third kappa shape index (κ3) is 4.05. The van der Waals surface area contributed by atoms with Gasteiger partial charge in [-0.25, -0.2) is 4.79 Å². The van der Waals surface area contributed by atoms with Crippen molar-refractivity contribution in [2.45, 2.75) is 30.5 Å². The standard InChI is InChI=1S/C13H15BrF2O2/c1-2-18-12(17)13(15,16)11(14)9-8-10-6-4-3-5-7-10/h3-7,11H,2,8-9H2,1H3. The SMILES string of the molecule is CCOC(=O)C(F)(F)C(Br)CCc1ccccc1. The van der Waals surface area contributed by atoms with Crippen molar-refractivity contribution in [2.75, 3.05) is 6.61 Å². The Hall–Kier alpha value is -0.970. The molecular formula is C13H15BrF2O2. The summed E-state index contributed by atoms with van der Waals surface area (Å²) in [5, 5.41) is 0. The number of hydrogen-bond donors (Lipinski definition) is 0. The van der Waals surface area contributed by atoms with Gasteiger partial charge in [0.2, 0.25) is 0 Å². The second kappa shape index (κ2) is 6.83. The van der Waals surface area contributed by atoms with Crippen LogP contribution in [-0.4, -0.2) is 23.3 Å². The van der Waals surface area contributed by atoms with Gasteiger partial charge in [-0.3, -0.25) is 0 Å². The lowest BCUT2D eigenvalue weighted by atomic mass is 10.1. The van der Waals surface area contributed by atoms with E-state index in [0.717, 1.165) is 5.56 Å². The summed E-state index contributed by atoms with van der Waals surface area (Å²) in [5.74, 6) is -4.97. The Morgan fingerprint density at radius 3 is 2.56 bits per heavy atom. The molecule has 0 aromatic heterocycles. The van der Waals surface area contributed by atoms with Crippen LogP contribution in [0.2, 0.25) is 0 Å². The van der Waals surface area contributed by atoms with Gasteiger partial charge in [-0.05, 0) is 25.3 Å². The molecule has 0 amide bonds. The average Bonchev–Trinajstić information content (AvgIpc) is 2.37. The van der Waals surface area contributed by atoms with Crippen LogP contribution in [0.15, 0.2) is 30.3 Å². The van der Waals surface area contributed by atoms with Crippen LogP contribution in [0.3, 0.4) is 0 Å². The molecule has 0 aliphatic carbocycles. The number of esters is 1. The summed E-state index contributed by atoms with van der Waals surface area (Å²) in [4.78, 5) is 9.90. The maximum atomic E-state index is 13.6. The van der Waals surface area contributed by atoms with Crippen molar-refractivity contribution in [3.63, 3.8) is 0 Å².